The predicted molar refractivity (Wildman–Crippen MR) is 81.7 cm³/mol. The van der Waals surface area contributed by atoms with Crippen LogP contribution in [0, 0.1) is 20.5 Å². The van der Waals surface area contributed by atoms with Gasteiger partial charge in [-0.2, -0.15) is 5.23 Å². The summed E-state index contributed by atoms with van der Waals surface area (Å²) in [5.41, 5.74) is 1.29. The molecule has 0 radical (unpaired) electrons. The SMILES string of the molecule is CO[NH+]([O-])c1ccc(Nc2ccc3c(c2)[NH+]([O-])O[NH+]3[O-])cc1N=O. The molecule has 2 aromatic carbocycles. The molecule has 2 aromatic rings. The molecule has 0 aromatic heterocycles. The maximum absolute atomic E-state index is 11.6. The lowest BCUT2D eigenvalue weighted by molar-refractivity contribution is -1.24. The summed E-state index contributed by atoms with van der Waals surface area (Å²) in [5.74, 6) is 0. The molecule has 0 saturated heterocycles. The van der Waals surface area contributed by atoms with Crippen LogP contribution in [0.5, 0.6) is 0 Å². The van der Waals surface area contributed by atoms with Crippen LogP contribution < -0.4 is 21.0 Å². The lowest BCUT2D eigenvalue weighted by Crippen LogP contribution is -3.15. The summed E-state index contributed by atoms with van der Waals surface area (Å²) < 4.78 is 0. The molecule has 0 saturated carbocycles. The summed E-state index contributed by atoms with van der Waals surface area (Å²) in [6.07, 6.45) is 0. The van der Waals surface area contributed by atoms with E-state index in [4.69, 9.17) is 0 Å². The van der Waals surface area contributed by atoms with Gasteiger partial charge in [-0.3, -0.25) is 0 Å². The summed E-state index contributed by atoms with van der Waals surface area (Å²) in [7, 11) is 1.20. The van der Waals surface area contributed by atoms with Crippen molar-refractivity contribution in [1.29, 1.82) is 0 Å². The Bertz CT molecular complexity index is 773. The minimum absolute atomic E-state index is 0.0428. The van der Waals surface area contributed by atoms with Crippen molar-refractivity contribution >= 4 is 34.1 Å². The first kappa shape index (κ1) is 16.4. The fourth-order valence-electron chi connectivity index (χ4n) is 2.30. The molecule has 126 valence electrons. The van der Waals surface area contributed by atoms with E-state index >= 15 is 0 Å². The molecule has 3 atom stereocenters. The van der Waals surface area contributed by atoms with Gasteiger partial charge in [0, 0.05) is 34.5 Å². The molecule has 1 aliphatic heterocycles. The minimum atomic E-state index is -0.713. The summed E-state index contributed by atoms with van der Waals surface area (Å²) in [6.45, 7) is 0. The molecule has 0 spiro atoms. The zero-order valence-corrected chi connectivity index (χ0v) is 12.4. The van der Waals surface area contributed by atoms with E-state index in [0.717, 1.165) is 0 Å². The van der Waals surface area contributed by atoms with Crippen LogP contribution in [0.1, 0.15) is 0 Å². The van der Waals surface area contributed by atoms with Crippen LogP contribution in [0.25, 0.3) is 0 Å². The van der Waals surface area contributed by atoms with Gasteiger partial charge in [-0.15, -0.1) is 15.4 Å². The highest BCUT2D eigenvalue weighted by Crippen LogP contribution is 2.29. The molecule has 3 unspecified atom stereocenters. The van der Waals surface area contributed by atoms with Crippen LogP contribution in [0.4, 0.5) is 34.1 Å². The van der Waals surface area contributed by atoms with E-state index in [2.05, 4.69) is 20.3 Å². The Balaban J connectivity index is 1.87. The van der Waals surface area contributed by atoms with Gasteiger partial charge < -0.3 is 20.9 Å². The molecular formula is C13H13N5O6. The van der Waals surface area contributed by atoms with Crippen molar-refractivity contribution in [1.82, 2.24) is 0 Å². The average molecular weight is 335 g/mol. The standard InChI is InChI=1S/C13H13N5O6/c1-23-16(20)11-4-2-8(6-10(11)15-19)14-9-3-5-12-13(7-9)18(22)24-17(12)21/h2-7,14,16-18H,1H3. The highest BCUT2D eigenvalue weighted by atomic mass is 17.1. The molecule has 1 heterocycles. The number of nitroso groups, excluding NO2 is 1. The van der Waals surface area contributed by atoms with Crippen LogP contribution in [0.15, 0.2) is 41.6 Å². The van der Waals surface area contributed by atoms with Crippen LogP contribution in [0.2, 0.25) is 0 Å². The molecular weight excluding hydrogens is 322 g/mol. The summed E-state index contributed by atoms with van der Waals surface area (Å²) in [6, 6.07) is 8.84. The van der Waals surface area contributed by atoms with Crippen molar-refractivity contribution in [3.05, 3.63) is 56.9 Å². The van der Waals surface area contributed by atoms with Crippen LogP contribution in [-0.2, 0) is 9.78 Å². The Morgan fingerprint density at radius 1 is 1.12 bits per heavy atom. The molecule has 0 amide bonds. The van der Waals surface area contributed by atoms with Gasteiger partial charge in [0.25, 0.3) is 0 Å². The van der Waals surface area contributed by atoms with E-state index in [0.29, 0.717) is 11.4 Å². The molecule has 4 N–H and O–H groups in total. The normalized spacial score (nSPS) is 20.5. The number of hydrogen-bond acceptors (Lipinski definition) is 8. The fraction of sp³-hybridized carbons (Fsp3) is 0.0769. The van der Waals surface area contributed by atoms with E-state index in [1.165, 1.54) is 31.4 Å². The topological polar surface area (TPSA) is 142 Å². The third kappa shape index (κ3) is 2.96. The summed E-state index contributed by atoms with van der Waals surface area (Å²) in [4.78, 5) is 20.0. The molecule has 3 rings (SSSR count). The number of nitrogens with zero attached hydrogens (tertiary/aromatic N) is 1. The highest BCUT2D eigenvalue weighted by molar-refractivity contribution is 5.71. The van der Waals surface area contributed by atoms with Crippen molar-refractivity contribution < 1.29 is 25.5 Å². The minimum Gasteiger partial charge on any atom is -0.595 e. The Kier molecular flexibility index (Phi) is 4.48. The molecule has 0 fully saturated rings. The van der Waals surface area contributed by atoms with Gasteiger partial charge in [0.05, 0.1) is 7.11 Å². The van der Waals surface area contributed by atoms with E-state index < -0.39 is 15.7 Å². The van der Waals surface area contributed by atoms with E-state index in [-0.39, 0.29) is 22.7 Å². The first-order chi connectivity index (χ1) is 11.5. The second kappa shape index (κ2) is 6.56. The van der Waals surface area contributed by atoms with Crippen LogP contribution >= 0.6 is 0 Å². The van der Waals surface area contributed by atoms with Gasteiger partial charge in [0.15, 0.2) is 11.4 Å². The number of rotatable bonds is 5. The van der Waals surface area contributed by atoms with Gasteiger partial charge in [0.2, 0.25) is 11.4 Å². The molecule has 11 heteroatoms. The van der Waals surface area contributed by atoms with Crippen molar-refractivity contribution in [2.45, 2.75) is 0 Å². The quantitative estimate of drug-likeness (QED) is 0.321. The zero-order valence-electron chi connectivity index (χ0n) is 12.4. The number of fused-ring (bicyclic) bond motifs is 1. The van der Waals surface area contributed by atoms with Crippen molar-refractivity contribution in [3.8, 4) is 0 Å². The average Bonchev–Trinajstić information content (AvgIpc) is 2.88. The van der Waals surface area contributed by atoms with Crippen molar-refractivity contribution in [2.75, 3.05) is 12.4 Å². The predicted octanol–water partition coefficient (Wildman–Crippen LogP) is -0.708. The second-order valence-corrected chi connectivity index (χ2v) is 4.88. The first-order valence-electron chi connectivity index (χ1n) is 6.77. The monoisotopic (exact) mass is 335 g/mol. The van der Waals surface area contributed by atoms with Gasteiger partial charge >= 0.3 is 0 Å². The van der Waals surface area contributed by atoms with Crippen molar-refractivity contribution in [3.63, 3.8) is 0 Å². The number of benzene rings is 2. The molecule has 0 aliphatic carbocycles. The van der Waals surface area contributed by atoms with Crippen LogP contribution in [0.3, 0.4) is 0 Å². The van der Waals surface area contributed by atoms with Gasteiger partial charge in [-0.1, -0.05) is 0 Å². The number of anilines is 2. The largest absolute Gasteiger partial charge is 0.595 e. The number of nitrogens with one attached hydrogen (secondary N) is 4. The molecule has 24 heavy (non-hydrogen) atoms. The molecule has 1 aliphatic rings. The van der Waals surface area contributed by atoms with E-state index in [1.54, 1.807) is 12.1 Å². The lowest BCUT2D eigenvalue weighted by Gasteiger charge is -2.18. The van der Waals surface area contributed by atoms with E-state index in [1.807, 2.05) is 0 Å². The maximum atomic E-state index is 11.6. The highest BCUT2D eigenvalue weighted by Gasteiger charge is 2.29. The third-order valence-corrected chi connectivity index (χ3v) is 3.43. The Morgan fingerprint density at radius 3 is 2.50 bits per heavy atom. The second-order valence-electron chi connectivity index (χ2n) is 4.88. The Labute approximate surface area is 135 Å². The summed E-state index contributed by atoms with van der Waals surface area (Å²) in [5, 5.41) is 38.2. The molecule has 11 nitrogen and oxygen atoms in total. The Hall–Kier alpha value is -2.48. The van der Waals surface area contributed by atoms with Gasteiger partial charge in [-0.05, 0) is 23.4 Å². The number of quaternary nitrogens is 3. The van der Waals surface area contributed by atoms with Crippen molar-refractivity contribution in [2.24, 2.45) is 5.18 Å². The van der Waals surface area contributed by atoms with E-state index in [9.17, 15) is 20.5 Å². The zero-order chi connectivity index (χ0) is 17.3. The smallest absolute Gasteiger partial charge is 0.235 e. The fourth-order valence-corrected chi connectivity index (χ4v) is 2.30. The maximum Gasteiger partial charge on any atom is 0.235 e. The van der Waals surface area contributed by atoms with Gasteiger partial charge in [0.1, 0.15) is 0 Å². The van der Waals surface area contributed by atoms with Crippen LogP contribution in [-0.4, -0.2) is 7.11 Å². The van der Waals surface area contributed by atoms with Gasteiger partial charge in [-0.25, -0.2) is 4.84 Å². The Morgan fingerprint density at radius 2 is 1.79 bits per heavy atom. The summed E-state index contributed by atoms with van der Waals surface area (Å²) >= 11 is 0. The first-order valence-corrected chi connectivity index (χ1v) is 6.77. The third-order valence-electron chi connectivity index (χ3n) is 3.43. The molecule has 0 bridgehead atoms. The number of hydrogen-bond donors (Lipinski definition) is 4. The lowest BCUT2D eigenvalue weighted by atomic mass is 10.2.